The van der Waals surface area contributed by atoms with Gasteiger partial charge in [0.1, 0.15) is 0 Å². The summed E-state index contributed by atoms with van der Waals surface area (Å²) < 4.78 is 5.96. The quantitative estimate of drug-likeness (QED) is 0.615. The molecule has 98 valence electrons. The molecule has 0 saturated heterocycles. The Bertz CT molecular complexity index is 394. The zero-order valence-electron chi connectivity index (χ0n) is 10.5. The summed E-state index contributed by atoms with van der Waals surface area (Å²) in [7, 11) is 1.33. The normalized spacial score (nSPS) is 11.7. The van der Waals surface area contributed by atoms with Gasteiger partial charge in [-0.15, -0.1) is 0 Å². The van der Waals surface area contributed by atoms with E-state index in [2.05, 4.69) is 22.2 Å². The minimum absolute atomic E-state index is 0.211. The first-order valence-electron chi connectivity index (χ1n) is 5.66. The predicted octanol–water partition coefficient (Wildman–Crippen LogP) is 0.502. The van der Waals surface area contributed by atoms with E-state index in [1.54, 1.807) is 0 Å². The average molecular weight is 314 g/mol. The van der Waals surface area contributed by atoms with Gasteiger partial charge >= 0.3 is 113 Å². The molecule has 1 atom stereocenters. The van der Waals surface area contributed by atoms with Crippen LogP contribution >= 0.6 is 0 Å². The van der Waals surface area contributed by atoms with Gasteiger partial charge in [0.15, 0.2) is 0 Å². The Hall–Kier alpha value is -1.32. The Balaban J connectivity index is 2.42. The van der Waals surface area contributed by atoms with Gasteiger partial charge in [-0.2, -0.15) is 0 Å². The number of carbonyl (C=O) groups excluding carboxylic acids is 2. The van der Waals surface area contributed by atoms with Crippen molar-refractivity contribution in [3.05, 3.63) is 30.3 Å². The van der Waals surface area contributed by atoms with Crippen LogP contribution in [0.3, 0.4) is 0 Å². The Labute approximate surface area is 113 Å². The summed E-state index contributed by atoms with van der Waals surface area (Å²) in [6.07, 6.45) is 0.612. The van der Waals surface area contributed by atoms with E-state index >= 15 is 0 Å². The van der Waals surface area contributed by atoms with Crippen molar-refractivity contribution in [3.8, 4) is 0 Å². The molecule has 1 aromatic carbocycles. The van der Waals surface area contributed by atoms with Gasteiger partial charge in [0.05, 0.1) is 0 Å². The van der Waals surface area contributed by atoms with E-state index in [9.17, 15) is 9.59 Å². The molecule has 0 aliphatic heterocycles. The van der Waals surface area contributed by atoms with Crippen molar-refractivity contribution in [1.82, 2.24) is 5.32 Å². The van der Waals surface area contributed by atoms with Crippen molar-refractivity contribution < 1.29 is 14.3 Å². The molecule has 0 aliphatic rings. The van der Waals surface area contributed by atoms with E-state index in [1.807, 2.05) is 18.2 Å². The summed E-state index contributed by atoms with van der Waals surface area (Å²) in [4.78, 5) is 22.5. The maximum atomic E-state index is 11.5. The third-order valence-electron chi connectivity index (χ3n) is 2.28. The number of amides is 1. The molecule has 18 heavy (non-hydrogen) atoms. The van der Waals surface area contributed by atoms with E-state index < -0.39 is 6.04 Å². The van der Waals surface area contributed by atoms with E-state index in [0.29, 0.717) is 21.4 Å². The second-order valence-electron chi connectivity index (χ2n) is 3.73. The van der Waals surface area contributed by atoms with Crippen LogP contribution in [0.25, 0.3) is 0 Å². The Morgan fingerprint density at radius 2 is 2.00 bits per heavy atom. The molecule has 1 N–H and O–H groups in total. The molecule has 1 rings (SSSR count). The second-order valence-corrected chi connectivity index (χ2v) is 6.18. The van der Waals surface area contributed by atoms with Gasteiger partial charge in [0.25, 0.3) is 0 Å². The number of hydrogen-bond acceptors (Lipinski definition) is 3. The number of rotatable bonds is 6. The monoisotopic (exact) mass is 315 g/mol. The van der Waals surface area contributed by atoms with Crippen LogP contribution < -0.4 is 9.78 Å². The fourth-order valence-corrected chi connectivity index (χ4v) is 3.42. The fourth-order valence-electron chi connectivity index (χ4n) is 1.45. The van der Waals surface area contributed by atoms with Gasteiger partial charge < -0.3 is 0 Å². The second kappa shape index (κ2) is 7.90. The van der Waals surface area contributed by atoms with Crippen molar-refractivity contribution in [3.63, 3.8) is 0 Å². The molecule has 0 aromatic heterocycles. The summed E-state index contributed by atoms with van der Waals surface area (Å²) in [5, 5.41) is 3.50. The van der Waals surface area contributed by atoms with E-state index in [1.165, 1.54) is 18.5 Å². The Morgan fingerprint density at radius 1 is 1.33 bits per heavy atom. The van der Waals surface area contributed by atoms with Crippen LogP contribution in [-0.4, -0.2) is 40.0 Å². The van der Waals surface area contributed by atoms with Crippen molar-refractivity contribution in [2.75, 3.05) is 7.11 Å². The van der Waals surface area contributed by atoms with Crippen LogP contribution in [0, 0.1) is 0 Å². The topological polar surface area (TPSA) is 55.4 Å². The molecule has 0 spiro atoms. The Kier molecular flexibility index (Phi) is 6.47. The number of benzene rings is 1. The molecular formula is C13H17NO3Se. The van der Waals surface area contributed by atoms with Gasteiger partial charge in [-0.25, -0.2) is 0 Å². The van der Waals surface area contributed by atoms with E-state index in [0.717, 1.165) is 5.32 Å². The zero-order valence-corrected chi connectivity index (χ0v) is 12.2. The molecule has 0 bridgehead atoms. The molecule has 1 amide bonds. The molecule has 5 heteroatoms. The van der Waals surface area contributed by atoms with Crippen molar-refractivity contribution in [1.29, 1.82) is 0 Å². The third-order valence-corrected chi connectivity index (χ3v) is 4.47. The van der Waals surface area contributed by atoms with Crippen LogP contribution in [0.1, 0.15) is 13.3 Å². The first-order chi connectivity index (χ1) is 8.63. The van der Waals surface area contributed by atoms with E-state index in [-0.39, 0.29) is 11.9 Å². The van der Waals surface area contributed by atoms with Crippen LogP contribution in [0.15, 0.2) is 30.3 Å². The van der Waals surface area contributed by atoms with Crippen LogP contribution in [0.2, 0.25) is 5.32 Å². The molecule has 0 saturated carbocycles. The van der Waals surface area contributed by atoms with Gasteiger partial charge in [0, 0.05) is 0 Å². The van der Waals surface area contributed by atoms with Crippen molar-refractivity contribution >= 4 is 31.3 Å². The molecule has 1 aromatic rings. The van der Waals surface area contributed by atoms with Crippen LogP contribution in [0.4, 0.5) is 0 Å². The molecule has 0 radical (unpaired) electrons. The molecule has 0 fully saturated rings. The van der Waals surface area contributed by atoms with Crippen molar-refractivity contribution in [2.24, 2.45) is 0 Å². The summed E-state index contributed by atoms with van der Waals surface area (Å²) in [6, 6.07) is 9.61. The van der Waals surface area contributed by atoms with Crippen molar-refractivity contribution in [2.45, 2.75) is 24.7 Å². The number of hydrogen-bond donors (Lipinski definition) is 1. The maximum absolute atomic E-state index is 11.5. The van der Waals surface area contributed by atoms with Gasteiger partial charge in [-0.05, 0) is 0 Å². The standard InChI is InChI=1S/C13H17NO3Se/c1-10(15)14-12(13(16)17-2)8-9-18-11-6-4-3-5-7-11/h3-7,12H,8-9H2,1-2H3,(H,14,15)/t12-/m0/s1. The molecular weight excluding hydrogens is 297 g/mol. The minimum atomic E-state index is -0.530. The van der Waals surface area contributed by atoms with Gasteiger partial charge in [-0.1, -0.05) is 0 Å². The summed E-state index contributed by atoms with van der Waals surface area (Å²) in [6.45, 7) is 1.40. The van der Waals surface area contributed by atoms with Crippen LogP contribution in [-0.2, 0) is 14.3 Å². The third kappa shape index (κ3) is 5.34. The summed E-state index contributed by atoms with van der Waals surface area (Å²) in [5.74, 6) is -0.591. The molecule has 0 heterocycles. The predicted molar refractivity (Wildman–Crippen MR) is 70.9 cm³/mol. The van der Waals surface area contributed by atoms with E-state index in [4.69, 9.17) is 0 Å². The first kappa shape index (κ1) is 14.7. The molecule has 0 unspecified atom stereocenters. The summed E-state index contributed by atoms with van der Waals surface area (Å²) >= 11 is 0.312. The average Bonchev–Trinajstić information content (AvgIpc) is 2.37. The number of nitrogens with one attached hydrogen (secondary N) is 1. The van der Waals surface area contributed by atoms with Gasteiger partial charge in [-0.3, -0.25) is 0 Å². The SMILES string of the molecule is COC(=O)[C@H](CC[Se]c1ccccc1)NC(C)=O. The van der Waals surface area contributed by atoms with Crippen LogP contribution in [0.5, 0.6) is 0 Å². The fraction of sp³-hybridized carbons (Fsp3) is 0.385. The number of esters is 1. The van der Waals surface area contributed by atoms with Gasteiger partial charge in [0.2, 0.25) is 0 Å². The zero-order chi connectivity index (χ0) is 13.4. The molecule has 4 nitrogen and oxygen atoms in total. The Morgan fingerprint density at radius 3 is 2.56 bits per heavy atom. The number of methoxy groups -OCH3 is 1. The first-order valence-corrected chi connectivity index (χ1v) is 7.73. The number of carbonyl (C=O) groups is 2. The molecule has 0 aliphatic carbocycles. The summed E-state index contributed by atoms with van der Waals surface area (Å²) in [5.41, 5.74) is 0. The number of ether oxygens (including phenoxy) is 1.